The Kier molecular flexibility index (Phi) is 5.33. The smallest absolute Gasteiger partial charge is 0.324 e. The van der Waals surface area contributed by atoms with Crippen LogP contribution in [0.4, 0.5) is 5.69 Å². The normalized spacial score (nSPS) is 11.2. The lowest BCUT2D eigenvalue weighted by Gasteiger charge is -2.23. The molecule has 1 N–H and O–H groups in total. The Morgan fingerprint density at radius 2 is 1.65 bits per heavy atom. The van der Waals surface area contributed by atoms with E-state index < -0.39 is 22.5 Å². The molecule has 0 unspecified atom stereocenters. The molecule has 0 amide bonds. The van der Waals surface area contributed by atoms with E-state index in [0.717, 1.165) is 14.8 Å². The van der Waals surface area contributed by atoms with Gasteiger partial charge in [0.25, 0.3) is 10.0 Å². The zero-order valence-corrected chi connectivity index (χ0v) is 14.4. The fraction of sp³-hybridized carbons (Fsp3) is 0.188. The molecule has 0 aliphatic rings. The van der Waals surface area contributed by atoms with Crippen LogP contribution in [0.25, 0.3) is 0 Å². The first-order chi connectivity index (χ1) is 10.8. The molecule has 0 spiro atoms. The fourth-order valence-electron chi connectivity index (χ4n) is 2.02. The second kappa shape index (κ2) is 7.06. The van der Waals surface area contributed by atoms with E-state index >= 15 is 0 Å². The largest absolute Gasteiger partial charge is 0.480 e. The summed E-state index contributed by atoms with van der Waals surface area (Å²) in [6.07, 6.45) is 1.90. The van der Waals surface area contributed by atoms with E-state index in [-0.39, 0.29) is 4.90 Å². The summed E-state index contributed by atoms with van der Waals surface area (Å²) in [5.41, 5.74) is 1.29. The first kappa shape index (κ1) is 17.4. The fourth-order valence-corrected chi connectivity index (χ4v) is 3.85. The number of benzene rings is 2. The Labute approximate surface area is 140 Å². The molecule has 0 aliphatic carbocycles. The molecule has 0 saturated heterocycles. The SMILES string of the molecule is CSc1ccc(S(=O)(=O)N(CC(=O)O)c2ccc(C)cc2)cc1. The summed E-state index contributed by atoms with van der Waals surface area (Å²) in [7, 11) is -3.94. The lowest BCUT2D eigenvalue weighted by atomic mass is 10.2. The van der Waals surface area contributed by atoms with Crippen molar-refractivity contribution in [2.24, 2.45) is 0 Å². The number of thioether (sulfide) groups is 1. The Morgan fingerprint density at radius 1 is 1.09 bits per heavy atom. The number of carboxylic acid groups (broad SMARTS) is 1. The van der Waals surface area contributed by atoms with Gasteiger partial charge in [0, 0.05) is 4.90 Å². The number of hydrogen-bond acceptors (Lipinski definition) is 4. The van der Waals surface area contributed by atoms with Gasteiger partial charge < -0.3 is 5.11 Å². The predicted octanol–water partition coefficient (Wildman–Crippen LogP) is 3.00. The van der Waals surface area contributed by atoms with Gasteiger partial charge in [0.1, 0.15) is 6.54 Å². The van der Waals surface area contributed by atoms with Crippen molar-refractivity contribution in [2.75, 3.05) is 17.1 Å². The average molecular weight is 351 g/mol. The highest BCUT2D eigenvalue weighted by Gasteiger charge is 2.26. The highest BCUT2D eigenvalue weighted by molar-refractivity contribution is 7.98. The molecule has 0 radical (unpaired) electrons. The maximum absolute atomic E-state index is 12.8. The van der Waals surface area contributed by atoms with Crippen LogP contribution in [-0.4, -0.2) is 32.3 Å². The molecule has 2 aromatic rings. The third-order valence-electron chi connectivity index (χ3n) is 3.25. The predicted molar refractivity (Wildman–Crippen MR) is 91.6 cm³/mol. The highest BCUT2D eigenvalue weighted by Crippen LogP contribution is 2.25. The van der Waals surface area contributed by atoms with Crippen LogP contribution in [0, 0.1) is 6.92 Å². The number of nitrogens with zero attached hydrogens (tertiary/aromatic N) is 1. The monoisotopic (exact) mass is 351 g/mol. The summed E-state index contributed by atoms with van der Waals surface area (Å²) >= 11 is 1.50. The van der Waals surface area contributed by atoms with E-state index in [1.165, 1.54) is 23.9 Å². The topological polar surface area (TPSA) is 74.7 Å². The van der Waals surface area contributed by atoms with Gasteiger partial charge in [0.15, 0.2) is 0 Å². The van der Waals surface area contributed by atoms with Crippen LogP contribution in [0.5, 0.6) is 0 Å². The van der Waals surface area contributed by atoms with Gasteiger partial charge in [-0.1, -0.05) is 17.7 Å². The molecule has 122 valence electrons. The quantitative estimate of drug-likeness (QED) is 0.810. The van der Waals surface area contributed by atoms with E-state index in [2.05, 4.69) is 0 Å². The minimum Gasteiger partial charge on any atom is -0.480 e. The van der Waals surface area contributed by atoms with E-state index in [1.807, 2.05) is 13.2 Å². The first-order valence-electron chi connectivity index (χ1n) is 6.80. The van der Waals surface area contributed by atoms with Crippen molar-refractivity contribution in [2.45, 2.75) is 16.7 Å². The maximum Gasteiger partial charge on any atom is 0.324 e. The molecule has 5 nitrogen and oxygen atoms in total. The average Bonchev–Trinajstić information content (AvgIpc) is 2.53. The van der Waals surface area contributed by atoms with Gasteiger partial charge in [0.2, 0.25) is 0 Å². The van der Waals surface area contributed by atoms with Crippen LogP contribution >= 0.6 is 11.8 Å². The summed E-state index contributed by atoms with van der Waals surface area (Å²) in [5, 5.41) is 9.08. The Hall–Kier alpha value is -1.99. The zero-order chi connectivity index (χ0) is 17.0. The van der Waals surface area contributed by atoms with Gasteiger partial charge in [-0.05, 0) is 49.6 Å². The number of hydrogen-bond donors (Lipinski definition) is 1. The zero-order valence-electron chi connectivity index (χ0n) is 12.8. The number of aryl methyl sites for hydroxylation is 1. The molecule has 0 heterocycles. The summed E-state index contributed by atoms with van der Waals surface area (Å²) in [6.45, 7) is 1.25. The van der Waals surface area contributed by atoms with Crippen molar-refractivity contribution in [3.8, 4) is 0 Å². The summed E-state index contributed by atoms with van der Waals surface area (Å²) in [5.74, 6) is -1.21. The van der Waals surface area contributed by atoms with Crippen LogP contribution in [0.2, 0.25) is 0 Å². The van der Waals surface area contributed by atoms with Crippen molar-refractivity contribution in [1.29, 1.82) is 0 Å². The Morgan fingerprint density at radius 3 is 2.13 bits per heavy atom. The van der Waals surface area contributed by atoms with Gasteiger partial charge in [-0.3, -0.25) is 9.10 Å². The van der Waals surface area contributed by atoms with Gasteiger partial charge in [-0.25, -0.2) is 8.42 Å². The van der Waals surface area contributed by atoms with Crippen LogP contribution in [0.15, 0.2) is 58.3 Å². The number of anilines is 1. The lowest BCUT2D eigenvalue weighted by Crippen LogP contribution is -2.35. The van der Waals surface area contributed by atoms with Gasteiger partial charge in [0.05, 0.1) is 10.6 Å². The molecule has 2 aromatic carbocycles. The Balaban J connectivity index is 2.47. The number of carboxylic acids is 1. The van der Waals surface area contributed by atoms with Crippen molar-refractivity contribution < 1.29 is 18.3 Å². The molecule has 0 fully saturated rings. The molecule has 0 aliphatic heterocycles. The minimum atomic E-state index is -3.94. The second-order valence-corrected chi connectivity index (χ2v) is 7.66. The molecule has 0 atom stereocenters. The van der Waals surface area contributed by atoms with Gasteiger partial charge in [-0.2, -0.15) is 0 Å². The van der Waals surface area contributed by atoms with Crippen LogP contribution < -0.4 is 4.31 Å². The summed E-state index contributed by atoms with van der Waals surface area (Å²) in [6, 6.07) is 13.1. The minimum absolute atomic E-state index is 0.0668. The van der Waals surface area contributed by atoms with Crippen molar-refractivity contribution in [1.82, 2.24) is 0 Å². The number of sulfonamides is 1. The van der Waals surface area contributed by atoms with E-state index in [9.17, 15) is 13.2 Å². The lowest BCUT2D eigenvalue weighted by molar-refractivity contribution is -0.135. The van der Waals surface area contributed by atoms with Crippen molar-refractivity contribution in [3.05, 3.63) is 54.1 Å². The van der Waals surface area contributed by atoms with Gasteiger partial charge >= 0.3 is 5.97 Å². The summed E-state index contributed by atoms with van der Waals surface area (Å²) in [4.78, 5) is 12.1. The van der Waals surface area contributed by atoms with Gasteiger partial charge in [-0.15, -0.1) is 11.8 Å². The molecule has 23 heavy (non-hydrogen) atoms. The number of rotatable bonds is 6. The maximum atomic E-state index is 12.8. The molecular weight excluding hydrogens is 334 g/mol. The standard InChI is InChI=1S/C16H17NO4S2/c1-12-3-5-13(6-4-12)17(11-16(18)19)23(20,21)15-9-7-14(22-2)8-10-15/h3-10H,11H2,1-2H3,(H,18,19). The number of aliphatic carboxylic acids is 1. The molecule has 0 aromatic heterocycles. The second-order valence-electron chi connectivity index (χ2n) is 4.92. The van der Waals surface area contributed by atoms with Crippen molar-refractivity contribution >= 4 is 33.4 Å². The highest BCUT2D eigenvalue weighted by atomic mass is 32.2. The molecular formula is C16H17NO4S2. The third-order valence-corrected chi connectivity index (χ3v) is 5.78. The van der Waals surface area contributed by atoms with Crippen LogP contribution in [-0.2, 0) is 14.8 Å². The van der Waals surface area contributed by atoms with E-state index in [0.29, 0.717) is 5.69 Å². The van der Waals surface area contributed by atoms with Crippen molar-refractivity contribution in [3.63, 3.8) is 0 Å². The number of carbonyl (C=O) groups is 1. The third kappa shape index (κ3) is 4.05. The molecule has 2 rings (SSSR count). The summed E-state index contributed by atoms with van der Waals surface area (Å²) < 4.78 is 26.5. The van der Waals surface area contributed by atoms with E-state index in [4.69, 9.17) is 5.11 Å². The molecule has 0 saturated carbocycles. The molecule has 0 bridgehead atoms. The van der Waals surface area contributed by atoms with Crippen LogP contribution in [0.3, 0.4) is 0 Å². The molecule has 7 heteroatoms. The van der Waals surface area contributed by atoms with Crippen LogP contribution in [0.1, 0.15) is 5.56 Å². The first-order valence-corrected chi connectivity index (χ1v) is 9.46. The Bertz CT molecular complexity index is 784. The van der Waals surface area contributed by atoms with E-state index in [1.54, 1.807) is 36.4 Å².